The number of fused-ring (bicyclic) bond motifs is 1. The van der Waals surface area contributed by atoms with E-state index in [1.807, 2.05) is 0 Å². The smallest absolute Gasteiger partial charge is 0.306 e. The summed E-state index contributed by atoms with van der Waals surface area (Å²) >= 11 is 0. The first-order valence-electron chi connectivity index (χ1n) is 8.93. The molecule has 1 aromatic carbocycles. The molecule has 1 aromatic heterocycles. The average molecular weight is 357 g/mol. The first kappa shape index (κ1) is 16.8. The van der Waals surface area contributed by atoms with E-state index >= 15 is 0 Å². The van der Waals surface area contributed by atoms with Gasteiger partial charge in [0.05, 0.1) is 11.6 Å². The number of carbonyl (C=O) groups is 2. The molecule has 0 saturated heterocycles. The number of rotatable bonds is 4. The number of amides is 1. The summed E-state index contributed by atoms with van der Waals surface area (Å²) in [4.78, 5) is 23.8. The van der Waals surface area contributed by atoms with E-state index in [0.717, 1.165) is 36.2 Å². The van der Waals surface area contributed by atoms with Gasteiger partial charge in [0.25, 0.3) is 5.91 Å². The highest BCUT2D eigenvalue weighted by Gasteiger charge is 2.33. The van der Waals surface area contributed by atoms with Gasteiger partial charge in [0, 0.05) is 17.3 Å². The first-order valence-corrected chi connectivity index (χ1v) is 8.93. The van der Waals surface area contributed by atoms with Gasteiger partial charge in [-0.2, -0.15) is 5.10 Å². The van der Waals surface area contributed by atoms with Gasteiger partial charge in [-0.15, -0.1) is 0 Å². The van der Waals surface area contributed by atoms with Crippen LogP contribution in [0.25, 0.3) is 5.69 Å². The highest BCUT2D eigenvalue weighted by Crippen LogP contribution is 2.29. The third-order valence-corrected chi connectivity index (χ3v) is 5.33. The van der Waals surface area contributed by atoms with Gasteiger partial charge < -0.3 is 10.4 Å². The topological polar surface area (TPSA) is 84.2 Å². The summed E-state index contributed by atoms with van der Waals surface area (Å²) < 4.78 is 14.9. The van der Waals surface area contributed by atoms with Crippen molar-refractivity contribution in [3.05, 3.63) is 47.0 Å². The fraction of sp³-hybridized carbons (Fsp3) is 0.421. The zero-order valence-electron chi connectivity index (χ0n) is 14.2. The van der Waals surface area contributed by atoms with Crippen LogP contribution in [-0.2, 0) is 17.6 Å². The van der Waals surface area contributed by atoms with Crippen LogP contribution in [0.2, 0.25) is 0 Å². The number of nitrogens with one attached hydrogen (secondary N) is 1. The predicted octanol–water partition coefficient (Wildman–Crippen LogP) is 2.48. The lowest BCUT2D eigenvalue weighted by molar-refractivity contribution is -0.141. The second-order valence-corrected chi connectivity index (χ2v) is 7.03. The maximum Gasteiger partial charge on any atom is 0.306 e. The monoisotopic (exact) mass is 357 g/mol. The van der Waals surface area contributed by atoms with E-state index in [2.05, 4.69) is 10.4 Å². The Balaban J connectivity index is 1.57. The molecule has 2 atom stereocenters. The number of hydrogen-bond acceptors (Lipinski definition) is 3. The molecule has 1 saturated carbocycles. The number of halogens is 1. The summed E-state index contributed by atoms with van der Waals surface area (Å²) in [5.41, 5.74) is 3.08. The van der Waals surface area contributed by atoms with E-state index in [1.165, 1.54) is 12.1 Å². The fourth-order valence-corrected chi connectivity index (χ4v) is 4.01. The van der Waals surface area contributed by atoms with Crippen molar-refractivity contribution in [3.63, 3.8) is 0 Å². The molecular weight excluding hydrogens is 337 g/mol. The number of carboxylic acid groups (broad SMARTS) is 1. The number of hydrogen-bond donors (Lipinski definition) is 2. The van der Waals surface area contributed by atoms with Gasteiger partial charge in [0.15, 0.2) is 5.69 Å². The minimum absolute atomic E-state index is 0.128. The van der Waals surface area contributed by atoms with Crippen LogP contribution in [0.5, 0.6) is 0 Å². The minimum Gasteiger partial charge on any atom is -0.481 e. The van der Waals surface area contributed by atoms with E-state index in [1.54, 1.807) is 16.8 Å². The third kappa shape index (κ3) is 2.98. The molecule has 4 rings (SSSR count). The SMILES string of the molecule is O=C(N[C@@H]1CC[C@H](C(=O)O)C1)c1nn(-c2ccc(F)cc2)c2c1CCC2. The maximum absolute atomic E-state index is 13.2. The molecule has 7 heteroatoms. The summed E-state index contributed by atoms with van der Waals surface area (Å²) in [6, 6.07) is 5.93. The van der Waals surface area contributed by atoms with Crippen LogP contribution >= 0.6 is 0 Å². The van der Waals surface area contributed by atoms with Crippen molar-refractivity contribution in [2.45, 2.75) is 44.6 Å². The van der Waals surface area contributed by atoms with E-state index < -0.39 is 5.97 Å². The highest BCUT2D eigenvalue weighted by molar-refractivity contribution is 5.94. The lowest BCUT2D eigenvalue weighted by Crippen LogP contribution is -2.34. The zero-order valence-corrected chi connectivity index (χ0v) is 14.2. The van der Waals surface area contributed by atoms with Crippen LogP contribution in [0.3, 0.4) is 0 Å². The molecule has 1 heterocycles. The molecule has 0 radical (unpaired) electrons. The van der Waals surface area contributed by atoms with Gasteiger partial charge in [-0.1, -0.05) is 0 Å². The molecule has 136 valence electrons. The summed E-state index contributed by atoms with van der Waals surface area (Å²) in [6.07, 6.45) is 4.30. The van der Waals surface area contributed by atoms with Crippen LogP contribution in [-0.4, -0.2) is 32.8 Å². The van der Waals surface area contributed by atoms with Crippen molar-refractivity contribution in [2.24, 2.45) is 5.92 Å². The van der Waals surface area contributed by atoms with Gasteiger partial charge in [-0.3, -0.25) is 9.59 Å². The Morgan fingerprint density at radius 2 is 1.96 bits per heavy atom. The summed E-state index contributed by atoms with van der Waals surface area (Å²) in [5, 5.41) is 16.5. The Morgan fingerprint density at radius 3 is 2.65 bits per heavy atom. The van der Waals surface area contributed by atoms with Crippen LogP contribution in [0.15, 0.2) is 24.3 Å². The van der Waals surface area contributed by atoms with E-state index in [-0.39, 0.29) is 23.7 Å². The molecule has 2 aliphatic rings. The van der Waals surface area contributed by atoms with Crippen LogP contribution in [0.1, 0.15) is 47.4 Å². The van der Waals surface area contributed by atoms with Crippen molar-refractivity contribution >= 4 is 11.9 Å². The van der Waals surface area contributed by atoms with Crippen molar-refractivity contribution in [3.8, 4) is 5.69 Å². The Hall–Kier alpha value is -2.70. The van der Waals surface area contributed by atoms with Crippen molar-refractivity contribution < 1.29 is 19.1 Å². The zero-order chi connectivity index (χ0) is 18.3. The van der Waals surface area contributed by atoms with Gasteiger partial charge >= 0.3 is 5.97 Å². The summed E-state index contributed by atoms with van der Waals surface area (Å²) in [6.45, 7) is 0. The molecule has 2 N–H and O–H groups in total. The molecule has 0 spiro atoms. The quantitative estimate of drug-likeness (QED) is 0.880. The molecule has 1 fully saturated rings. The van der Waals surface area contributed by atoms with Crippen LogP contribution < -0.4 is 5.32 Å². The maximum atomic E-state index is 13.2. The Bertz CT molecular complexity index is 860. The van der Waals surface area contributed by atoms with E-state index in [0.29, 0.717) is 25.0 Å². The largest absolute Gasteiger partial charge is 0.481 e. The number of aromatic nitrogens is 2. The lowest BCUT2D eigenvalue weighted by atomic mass is 10.1. The predicted molar refractivity (Wildman–Crippen MR) is 91.8 cm³/mol. The molecule has 0 aliphatic heterocycles. The summed E-state index contributed by atoms with van der Waals surface area (Å²) in [7, 11) is 0. The second kappa shape index (κ2) is 6.55. The highest BCUT2D eigenvalue weighted by atomic mass is 19.1. The summed E-state index contributed by atoms with van der Waals surface area (Å²) in [5.74, 6) is -1.75. The van der Waals surface area contributed by atoms with Gasteiger partial charge in [-0.25, -0.2) is 9.07 Å². The van der Waals surface area contributed by atoms with Gasteiger partial charge in [0.2, 0.25) is 0 Å². The number of nitrogens with zero attached hydrogens (tertiary/aromatic N) is 2. The van der Waals surface area contributed by atoms with Crippen molar-refractivity contribution in [1.29, 1.82) is 0 Å². The van der Waals surface area contributed by atoms with Gasteiger partial charge in [-0.05, 0) is 62.8 Å². The third-order valence-electron chi connectivity index (χ3n) is 5.33. The molecule has 0 unspecified atom stereocenters. The number of carboxylic acids is 1. The molecular formula is C19H20FN3O3. The second-order valence-electron chi connectivity index (χ2n) is 7.03. The minimum atomic E-state index is -0.803. The number of aliphatic carboxylic acids is 1. The Labute approximate surface area is 150 Å². The van der Waals surface area contributed by atoms with Crippen LogP contribution in [0.4, 0.5) is 4.39 Å². The molecule has 2 aliphatic carbocycles. The Kier molecular flexibility index (Phi) is 4.22. The first-order chi connectivity index (χ1) is 12.5. The van der Waals surface area contributed by atoms with E-state index in [9.17, 15) is 14.0 Å². The van der Waals surface area contributed by atoms with Crippen molar-refractivity contribution in [2.75, 3.05) is 0 Å². The van der Waals surface area contributed by atoms with Crippen molar-refractivity contribution in [1.82, 2.24) is 15.1 Å². The fourth-order valence-electron chi connectivity index (χ4n) is 4.01. The van der Waals surface area contributed by atoms with Crippen LogP contribution in [0, 0.1) is 11.7 Å². The number of benzene rings is 1. The standard InChI is InChI=1S/C19H20FN3O3/c20-12-5-8-14(9-6-12)23-16-3-1-2-15(16)17(22-23)18(24)21-13-7-4-11(10-13)19(25)26/h5-6,8-9,11,13H,1-4,7,10H2,(H,21,24)(H,25,26)/t11-,13+/m0/s1. The average Bonchev–Trinajstić information content (AvgIpc) is 3.31. The van der Waals surface area contributed by atoms with E-state index in [4.69, 9.17) is 5.11 Å². The Morgan fingerprint density at radius 1 is 1.19 bits per heavy atom. The normalized spacial score (nSPS) is 21.6. The molecule has 0 bridgehead atoms. The lowest BCUT2D eigenvalue weighted by Gasteiger charge is -2.11. The molecule has 6 nitrogen and oxygen atoms in total. The molecule has 2 aromatic rings. The van der Waals surface area contributed by atoms with Gasteiger partial charge in [0.1, 0.15) is 5.82 Å². The molecule has 26 heavy (non-hydrogen) atoms. The number of carbonyl (C=O) groups excluding carboxylic acids is 1. The molecule has 1 amide bonds.